The van der Waals surface area contributed by atoms with Gasteiger partial charge in [0.05, 0.1) is 19.1 Å². The molecule has 0 amide bonds. The summed E-state index contributed by atoms with van der Waals surface area (Å²) in [6.07, 6.45) is 4.61. The Hall–Kier alpha value is -2.16. The molecule has 0 aliphatic rings. The summed E-state index contributed by atoms with van der Waals surface area (Å²) >= 11 is 1.14. The fourth-order valence-corrected chi connectivity index (χ4v) is 1.84. The van der Waals surface area contributed by atoms with Crippen LogP contribution in [0.1, 0.15) is 0 Å². The van der Waals surface area contributed by atoms with Gasteiger partial charge in [-0.3, -0.25) is 9.78 Å². The van der Waals surface area contributed by atoms with Crippen LogP contribution < -0.4 is 5.84 Å². The lowest BCUT2D eigenvalue weighted by Crippen LogP contribution is -2.13. The molecule has 2 aromatic heterocycles. The third-order valence-electron chi connectivity index (χ3n) is 2.00. The molecule has 0 unspecified atom stereocenters. The first kappa shape index (κ1) is 12.3. The van der Waals surface area contributed by atoms with Crippen LogP contribution in [0.5, 0.6) is 0 Å². The number of carbonyl (C=O) groups is 1. The van der Waals surface area contributed by atoms with Gasteiger partial charge < -0.3 is 10.6 Å². The van der Waals surface area contributed by atoms with Crippen molar-refractivity contribution >= 4 is 17.7 Å². The van der Waals surface area contributed by atoms with Crippen LogP contribution in [0.3, 0.4) is 0 Å². The Morgan fingerprint density at radius 1 is 1.50 bits per heavy atom. The lowest BCUT2D eigenvalue weighted by molar-refractivity contribution is -0.137. The highest BCUT2D eigenvalue weighted by molar-refractivity contribution is 7.99. The van der Waals surface area contributed by atoms with Gasteiger partial charge in [0.1, 0.15) is 5.69 Å². The van der Waals surface area contributed by atoms with E-state index in [9.17, 15) is 4.79 Å². The molecule has 0 aliphatic carbocycles. The Kier molecular flexibility index (Phi) is 3.72. The van der Waals surface area contributed by atoms with E-state index in [0.29, 0.717) is 16.7 Å². The van der Waals surface area contributed by atoms with Gasteiger partial charge in [0, 0.05) is 12.4 Å². The van der Waals surface area contributed by atoms with Gasteiger partial charge in [0.25, 0.3) is 0 Å². The van der Waals surface area contributed by atoms with E-state index >= 15 is 0 Å². The normalized spacial score (nSPS) is 10.3. The molecule has 2 N–H and O–H groups in total. The number of ether oxygens (including phenoxy) is 1. The van der Waals surface area contributed by atoms with Crippen LogP contribution >= 0.6 is 11.8 Å². The highest BCUT2D eigenvalue weighted by Gasteiger charge is 2.14. The average molecular weight is 266 g/mol. The molecule has 0 saturated carbocycles. The largest absolute Gasteiger partial charge is 0.468 e. The molecular formula is C9H10N6O2S. The SMILES string of the molecule is COC(=O)CSc1nnc(-c2cnccn2)n1N. The van der Waals surface area contributed by atoms with Crippen LogP contribution in [0.2, 0.25) is 0 Å². The average Bonchev–Trinajstić information content (AvgIpc) is 2.78. The number of methoxy groups -OCH3 is 1. The minimum atomic E-state index is -0.357. The van der Waals surface area contributed by atoms with E-state index in [2.05, 4.69) is 24.9 Å². The summed E-state index contributed by atoms with van der Waals surface area (Å²) in [5, 5.41) is 8.18. The topological polar surface area (TPSA) is 109 Å². The first-order valence-corrected chi connectivity index (χ1v) is 5.87. The van der Waals surface area contributed by atoms with Gasteiger partial charge in [-0.25, -0.2) is 9.66 Å². The van der Waals surface area contributed by atoms with Crippen molar-refractivity contribution in [2.24, 2.45) is 0 Å². The summed E-state index contributed by atoms with van der Waals surface area (Å²) in [7, 11) is 1.32. The minimum Gasteiger partial charge on any atom is -0.468 e. The van der Waals surface area contributed by atoms with E-state index in [0.717, 1.165) is 11.8 Å². The molecule has 0 aromatic carbocycles. The number of hydrogen-bond donors (Lipinski definition) is 1. The molecule has 0 saturated heterocycles. The molecule has 8 nitrogen and oxygen atoms in total. The van der Waals surface area contributed by atoms with Crippen molar-refractivity contribution in [3.63, 3.8) is 0 Å². The lowest BCUT2D eigenvalue weighted by Gasteiger charge is -2.01. The summed E-state index contributed by atoms with van der Waals surface area (Å²) in [5.74, 6) is 5.96. The van der Waals surface area contributed by atoms with E-state index in [1.807, 2.05) is 0 Å². The van der Waals surface area contributed by atoms with E-state index in [-0.39, 0.29) is 11.7 Å². The quantitative estimate of drug-likeness (QED) is 0.457. The molecule has 0 atom stereocenters. The minimum absolute atomic E-state index is 0.117. The van der Waals surface area contributed by atoms with Crippen molar-refractivity contribution in [2.45, 2.75) is 5.16 Å². The maximum absolute atomic E-state index is 11.0. The van der Waals surface area contributed by atoms with Gasteiger partial charge in [-0.2, -0.15) is 0 Å². The number of rotatable bonds is 4. The summed E-state index contributed by atoms with van der Waals surface area (Å²) in [5.41, 5.74) is 0.511. The highest BCUT2D eigenvalue weighted by atomic mass is 32.2. The van der Waals surface area contributed by atoms with Crippen molar-refractivity contribution < 1.29 is 9.53 Å². The maximum Gasteiger partial charge on any atom is 0.316 e. The van der Waals surface area contributed by atoms with E-state index in [1.165, 1.54) is 24.2 Å². The van der Waals surface area contributed by atoms with Crippen LogP contribution in [0.25, 0.3) is 11.5 Å². The number of nitrogens with zero attached hydrogens (tertiary/aromatic N) is 5. The first-order chi connectivity index (χ1) is 8.72. The molecule has 2 rings (SSSR count). The summed E-state index contributed by atoms with van der Waals surface area (Å²) < 4.78 is 5.78. The fourth-order valence-electron chi connectivity index (χ4n) is 1.15. The zero-order chi connectivity index (χ0) is 13.0. The monoisotopic (exact) mass is 266 g/mol. The lowest BCUT2D eigenvalue weighted by atomic mass is 10.4. The molecule has 18 heavy (non-hydrogen) atoms. The fraction of sp³-hybridized carbons (Fsp3) is 0.222. The zero-order valence-electron chi connectivity index (χ0n) is 9.48. The standard InChI is InChI=1S/C9H10N6O2S/c1-17-7(16)5-18-9-14-13-8(15(9)10)6-4-11-2-3-12-6/h2-4H,5,10H2,1H3. The van der Waals surface area contributed by atoms with Crippen LogP contribution in [0.4, 0.5) is 0 Å². The zero-order valence-corrected chi connectivity index (χ0v) is 10.3. The van der Waals surface area contributed by atoms with Crippen LogP contribution in [-0.2, 0) is 9.53 Å². The Balaban J connectivity index is 2.17. The molecular weight excluding hydrogens is 256 g/mol. The van der Waals surface area contributed by atoms with E-state index < -0.39 is 0 Å². The van der Waals surface area contributed by atoms with Gasteiger partial charge in [-0.05, 0) is 0 Å². The molecule has 0 spiro atoms. The number of aromatic nitrogens is 5. The predicted octanol–water partition coefficient (Wildman–Crippen LogP) is -0.286. The summed E-state index contributed by atoms with van der Waals surface area (Å²) in [6, 6.07) is 0. The number of esters is 1. The molecule has 0 aliphatic heterocycles. The number of carbonyl (C=O) groups excluding carboxylic acids is 1. The smallest absolute Gasteiger partial charge is 0.316 e. The van der Waals surface area contributed by atoms with Gasteiger partial charge >= 0.3 is 5.97 Å². The van der Waals surface area contributed by atoms with Crippen LogP contribution in [0, 0.1) is 0 Å². The van der Waals surface area contributed by atoms with Crippen molar-refractivity contribution in [2.75, 3.05) is 18.7 Å². The van der Waals surface area contributed by atoms with Gasteiger partial charge in [-0.15, -0.1) is 10.2 Å². The third-order valence-corrected chi connectivity index (χ3v) is 2.92. The molecule has 0 fully saturated rings. The Morgan fingerprint density at radius 2 is 2.33 bits per heavy atom. The molecule has 9 heteroatoms. The van der Waals surface area contributed by atoms with Gasteiger partial charge in [-0.1, -0.05) is 11.8 Å². The van der Waals surface area contributed by atoms with Gasteiger partial charge in [0.15, 0.2) is 0 Å². The first-order valence-electron chi connectivity index (χ1n) is 4.89. The highest BCUT2D eigenvalue weighted by Crippen LogP contribution is 2.19. The number of nitrogens with two attached hydrogens (primary N) is 1. The van der Waals surface area contributed by atoms with E-state index in [1.54, 1.807) is 6.20 Å². The Bertz CT molecular complexity index is 543. The second-order valence-electron chi connectivity index (χ2n) is 3.13. The Labute approximate surface area is 107 Å². The molecule has 2 heterocycles. The number of thioether (sulfide) groups is 1. The summed E-state index contributed by atoms with van der Waals surface area (Å²) in [4.78, 5) is 19.0. The second-order valence-corrected chi connectivity index (χ2v) is 4.07. The molecule has 0 bridgehead atoms. The number of hydrogen-bond acceptors (Lipinski definition) is 8. The van der Waals surface area contributed by atoms with Gasteiger partial charge in [0.2, 0.25) is 11.0 Å². The molecule has 0 radical (unpaired) electrons. The van der Waals surface area contributed by atoms with Crippen molar-refractivity contribution in [3.05, 3.63) is 18.6 Å². The van der Waals surface area contributed by atoms with Crippen LogP contribution in [-0.4, -0.2) is 43.7 Å². The van der Waals surface area contributed by atoms with Crippen molar-refractivity contribution in [3.8, 4) is 11.5 Å². The maximum atomic E-state index is 11.0. The molecule has 94 valence electrons. The van der Waals surface area contributed by atoms with Crippen molar-refractivity contribution in [1.82, 2.24) is 24.8 Å². The van der Waals surface area contributed by atoms with E-state index in [4.69, 9.17) is 5.84 Å². The van der Waals surface area contributed by atoms with Crippen molar-refractivity contribution in [1.29, 1.82) is 0 Å². The summed E-state index contributed by atoms with van der Waals surface area (Å²) in [6.45, 7) is 0. The predicted molar refractivity (Wildman–Crippen MR) is 63.9 cm³/mol. The Morgan fingerprint density at radius 3 is 3.00 bits per heavy atom. The number of nitrogen functional groups attached to an aromatic ring is 1. The second kappa shape index (κ2) is 5.45. The molecule has 2 aromatic rings. The van der Waals surface area contributed by atoms with Crippen LogP contribution in [0.15, 0.2) is 23.7 Å². The third kappa shape index (κ3) is 2.56.